The van der Waals surface area contributed by atoms with Crippen LogP contribution in [0.3, 0.4) is 0 Å². The fourth-order valence-electron chi connectivity index (χ4n) is 3.45. The second-order valence-corrected chi connectivity index (χ2v) is 7.47. The number of aromatic nitrogens is 1. The molecule has 1 aliphatic heterocycles. The van der Waals surface area contributed by atoms with Crippen LogP contribution in [0.4, 0.5) is 5.69 Å². The van der Waals surface area contributed by atoms with Gasteiger partial charge in [-0.1, -0.05) is 0 Å². The zero-order chi connectivity index (χ0) is 22.4. The molecule has 9 nitrogen and oxygen atoms in total. The summed E-state index contributed by atoms with van der Waals surface area (Å²) in [6, 6.07) is 9.89. The van der Waals surface area contributed by atoms with Gasteiger partial charge < -0.3 is 24.8 Å². The summed E-state index contributed by atoms with van der Waals surface area (Å²) in [5, 5.41) is 5.19. The Morgan fingerprint density at radius 2 is 1.74 bits per heavy atom. The topological polar surface area (TPSA) is 110 Å². The first-order chi connectivity index (χ1) is 14.9. The highest BCUT2D eigenvalue weighted by Gasteiger charge is 2.26. The van der Waals surface area contributed by atoms with Crippen LogP contribution in [0.5, 0.6) is 5.75 Å². The monoisotopic (exact) mass is 426 g/mol. The van der Waals surface area contributed by atoms with Crippen molar-refractivity contribution in [1.82, 2.24) is 14.8 Å². The van der Waals surface area contributed by atoms with Gasteiger partial charge in [-0.05, 0) is 55.2 Å². The van der Waals surface area contributed by atoms with E-state index < -0.39 is 11.8 Å². The van der Waals surface area contributed by atoms with Gasteiger partial charge in [0.2, 0.25) is 0 Å². The van der Waals surface area contributed by atoms with E-state index in [1.807, 2.05) is 0 Å². The van der Waals surface area contributed by atoms with Crippen molar-refractivity contribution in [2.75, 3.05) is 32.1 Å². The molecular weight excluding hydrogens is 400 g/mol. The Bertz CT molecular complexity index is 1010. The summed E-state index contributed by atoms with van der Waals surface area (Å²) in [7, 11) is 3.16. The Labute approximate surface area is 180 Å². The maximum Gasteiger partial charge on any atom is 0.313 e. The lowest BCUT2D eigenvalue weighted by atomic mass is 9.96. The fraction of sp³-hybridized carbons (Fsp3) is 0.364. The number of carbonyl (C=O) groups excluding carboxylic acids is 3. The molecule has 0 bridgehead atoms. The first-order valence-electron chi connectivity index (χ1n) is 10.1. The van der Waals surface area contributed by atoms with Crippen molar-refractivity contribution >= 4 is 23.4 Å². The number of carbonyl (C=O) groups is 3. The van der Waals surface area contributed by atoms with Crippen LogP contribution < -0.4 is 20.9 Å². The third-order valence-electron chi connectivity index (χ3n) is 5.36. The number of pyridine rings is 1. The maximum atomic E-state index is 12.6. The molecule has 2 heterocycles. The zero-order valence-electron chi connectivity index (χ0n) is 17.6. The Morgan fingerprint density at radius 1 is 1.06 bits per heavy atom. The lowest BCUT2D eigenvalue weighted by Crippen LogP contribution is -2.44. The molecule has 3 rings (SSSR count). The summed E-state index contributed by atoms with van der Waals surface area (Å²) in [5.41, 5.74) is 0.344. The van der Waals surface area contributed by atoms with E-state index >= 15 is 0 Å². The first kappa shape index (κ1) is 22.1. The van der Waals surface area contributed by atoms with Gasteiger partial charge in [0.1, 0.15) is 11.3 Å². The van der Waals surface area contributed by atoms with Crippen molar-refractivity contribution in [3.63, 3.8) is 0 Å². The van der Waals surface area contributed by atoms with Gasteiger partial charge in [0.25, 0.3) is 11.5 Å². The van der Waals surface area contributed by atoms with E-state index in [2.05, 4.69) is 10.6 Å². The molecule has 0 radical (unpaired) electrons. The van der Waals surface area contributed by atoms with Gasteiger partial charge >= 0.3 is 11.8 Å². The summed E-state index contributed by atoms with van der Waals surface area (Å²) in [4.78, 5) is 50.6. The van der Waals surface area contributed by atoms with Crippen LogP contribution in [0.1, 0.15) is 23.2 Å². The van der Waals surface area contributed by atoms with Crippen LogP contribution >= 0.6 is 0 Å². The van der Waals surface area contributed by atoms with Gasteiger partial charge in [0.15, 0.2) is 0 Å². The molecule has 2 aromatic rings. The van der Waals surface area contributed by atoms with Gasteiger partial charge in [-0.25, -0.2) is 0 Å². The number of amides is 3. The van der Waals surface area contributed by atoms with Crippen molar-refractivity contribution in [3.8, 4) is 5.75 Å². The van der Waals surface area contributed by atoms with Crippen molar-refractivity contribution in [3.05, 3.63) is 58.5 Å². The molecule has 1 saturated heterocycles. The molecule has 0 aliphatic carbocycles. The molecular formula is C22H26N4O5. The predicted octanol–water partition coefficient (Wildman–Crippen LogP) is 1.00. The van der Waals surface area contributed by atoms with E-state index in [4.69, 9.17) is 4.74 Å². The van der Waals surface area contributed by atoms with E-state index in [1.165, 1.54) is 4.57 Å². The molecule has 1 fully saturated rings. The summed E-state index contributed by atoms with van der Waals surface area (Å²) in [5.74, 6) is -0.914. The van der Waals surface area contributed by atoms with Crippen LogP contribution in [-0.4, -0.2) is 53.9 Å². The number of nitrogens with zero attached hydrogens (tertiary/aromatic N) is 2. The van der Waals surface area contributed by atoms with Crippen molar-refractivity contribution < 1.29 is 19.1 Å². The third-order valence-corrected chi connectivity index (χ3v) is 5.36. The van der Waals surface area contributed by atoms with Crippen molar-refractivity contribution in [2.45, 2.75) is 12.8 Å². The van der Waals surface area contributed by atoms with E-state index in [1.54, 1.807) is 61.7 Å². The normalized spacial score (nSPS) is 14.1. The molecule has 0 saturated carbocycles. The number of methoxy groups -OCH3 is 1. The minimum Gasteiger partial charge on any atom is -0.497 e. The molecule has 1 aromatic heterocycles. The molecule has 2 N–H and O–H groups in total. The first-order valence-corrected chi connectivity index (χ1v) is 10.1. The van der Waals surface area contributed by atoms with Gasteiger partial charge in [0, 0.05) is 38.6 Å². The van der Waals surface area contributed by atoms with Crippen LogP contribution in [0, 0.1) is 5.92 Å². The number of rotatable bonds is 5. The number of nitrogens with one attached hydrogen (secondary N) is 2. The fourth-order valence-corrected chi connectivity index (χ4v) is 3.45. The number of likely N-dealkylation sites (tertiary alicyclic amines) is 1. The second-order valence-electron chi connectivity index (χ2n) is 7.47. The van der Waals surface area contributed by atoms with Crippen LogP contribution in [0.15, 0.2) is 47.4 Å². The Hall–Kier alpha value is -3.62. The molecule has 9 heteroatoms. The van der Waals surface area contributed by atoms with E-state index in [-0.39, 0.29) is 22.9 Å². The maximum absolute atomic E-state index is 12.6. The standard InChI is InChI=1S/C22H26N4O5/c1-25-11-3-4-18(21(25)29)22(30)26-12-9-15(10-13-26)14-23-19(27)20(28)24-16-5-7-17(31-2)8-6-16/h3-8,11,15H,9-10,12-14H2,1-2H3,(H,23,27)(H,24,28). The van der Waals surface area contributed by atoms with E-state index in [0.29, 0.717) is 43.9 Å². The van der Waals surface area contributed by atoms with Gasteiger partial charge in [-0.15, -0.1) is 0 Å². The highest BCUT2D eigenvalue weighted by atomic mass is 16.5. The predicted molar refractivity (Wildman–Crippen MR) is 115 cm³/mol. The lowest BCUT2D eigenvalue weighted by Gasteiger charge is -2.32. The minimum absolute atomic E-state index is 0.153. The quantitative estimate of drug-likeness (QED) is 0.694. The number of ether oxygens (including phenoxy) is 1. The SMILES string of the molecule is COc1ccc(NC(=O)C(=O)NCC2CCN(C(=O)c3cccn(C)c3=O)CC2)cc1. The molecule has 0 spiro atoms. The third kappa shape index (κ3) is 5.50. The van der Waals surface area contributed by atoms with Gasteiger partial charge in [0.05, 0.1) is 7.11 Å². The molecule has 164 valence electrons. The smallest absolute Gasteiger partial charge is 0.313 e. The Morgan fingerprint density at radius 3 is 2.39 bits per heavy atom. The molecule has 31 heavy (non-hydrogen) atoms. The molecule has 3 amide bonds. The number of hydrogen-bond donors (Lipinski definition) is 2. The minimum atomic E-state index is -0.738. The average molecular weight is 426 g/mol. The number of anilines is 1. The Balaban J connectivity index is 1.44. The summed E-state index contributed by atoms with van der Waals surface area (Å²) in [6.07, 6.45) is 2.97. The van der Waals surface area contributed by atoms with Crippen molar-refractivity contribution in [1.29, 1.82) is 0 Å². The average Bonchev–Trinajstić information content (AvgIpc) is 2.79. The summed E-state index contributed by atoms with van der Waals surface area (Å²) < 4.78 is 6.43. The van der Waals surface area contributed by atoms with Crippen LogP contribution in [-0.2, 0) is 16.6 Å². The van der Waals surface area contributed by atoms with Crippen molar-refractivity contribution in [2.24, 2.45) is 13.0 Å². The molecule has 0 unspecified atom stereocenters. The number of benzene rings is 1. The van der Waals surface area contributed by atoms with Gasteiger partial charge in [-0.2, -0.15) is 0 Å². The highest BCUT2D eigenvalue weighted by molar-refractivity contribution is 6.39. The van der Waals surface area contributed by atoms with E-state index in [9.17, 15) is 19.2 Å². The largest absolute Gasteiger partial charge is 0.497 e. The lowest BCUT2D eigenvalue weighted by molar-refractivity contribution is -0.136. The molecule has 1 aromatic carbocycles. The number of aryl methyl sites for hydroxylation is 1. The number of hydrogen-bond acceptors (Lipinski definition) is 5. The number of piperidine rings is 1. The second kappa shape index (κ2) is 9.92. The summed E-state index contributed by atoms with van der Waals surface area (Å²) >= 11 is 0. The van der Waals surface area contributed by atoms with E-state index in [0.717, 1.165) is 0 Å². The highest BCUT2D eigenvalue weighted by Crippen LogP contribution is 2.18. The Kier molecular flexibility index (Phi) is 7.07. The zero-order valence-corrected chi connectivity index (χ0v) is 17.6. The molecule has 0 atom stereocenters. The van der Waals surface area contributed by atoms with Gasteiger partial charge in [-0.3, -0.25) is 19.2 Å². The van der Waals surface area contributed by atoms with Crippen LogP contribution in [0.2, 0.25) is 0 Å². The van der Waals surface area contributed by atoms with Crippen LogP contribution in [0.25, 0.3) is 0 Å². The molecule has 1 aliphatic rings. The summed E-state index contributed by atoms with van der Waals surface area (Å²) in [6.45, 7) is 1.34.